The highest BCUT2D eigenvalue weighted by atomic mass is 14.4. The molecule has 2 aromatic rings. The smallest absolute Gasteiger partial charge is 0.00533 e. The van der Waals surface area contributed by atoms with Crippen LogP contribution in [0.2, 0.25) is 0 Å². The molecule has 0 aliphatic heterocycles. The first-order valence-corrected chi connectivity index (χ1v) is 13.5. The van der Waals surface area contributed by atoms with E-state index in [1.165, 1.54) is 66.4 Å². The van der Waals surface area contributed by atoms with Gasteiger partial charge in [0.2, 0.25) is 0 Å². The Balaban J connectivity index is 1.68. The SMILES string of the molecule is C=C(CC(C)(C)C)CC1(C(=C)CC(C)c2ccc(C)cc2)CCC(CCc2ccccc2)CC1. The molecule has 0 N–H and O–H groups in total. The van der Waals surface area contributed by atoms with E-state index in [4.69, 9.17) is 6.58 Å². The first-order chi connectivity index (χ1) is 16.1. The summed E-state index contributed by atoms with van der Waals surface area (Å²) in [4.78, 5) is 0. The Morgan fingerprint density at radius 1 is 0.971 bits per heavy atom. The van der Waals surface area contributed by atoms with Crippen LogP contribution in [0.4, 0.5) is 0 Å². The number of allylic oxidation sites excluding steroid dienone is 2. The van der Waals surface area contributed by atoms with Gasteiger partial charge in [0.1, 0.15) is 0 Å². The lowest BCUT2D eigenvalue weighted by molar-refractivity contribution is 0.173. The largest absolute Gasteiger partial charge is 0.0998 e. The molecule has 1 saturated carbocycles. The second-order valence-corrected chi connectivity index (χ2v) is 12.5. The van der Waals surface area contributed by atoms with Crippen LogP contribution in [0.1, 0.15) is 102 Å². The van der Waals surface area contributed by atoms with Crippen molar-refractivity contribution in [2.45, 2.75) is 98.3 Å². The fourth-order valence-electron chi connectivity index (χ4n) is 6.08. The molecule has 1 aliphatic rings. The van der Waals surface area contributed by atoms with Crippen LogP contribution < -0.4 is 0 Å². The van der Waals surface area contributed by atoms with Gasteiger partial charge in [0.25, 0.3) is 0 Å². The van der Waals surface area contributed by atoms with Crippen LogP contribution in [0.3, 0.4) is 0 Å². The molecule has 2 aromatic carbocycles. The van der Waals surface area contributed by atoms with Crippen LogP contribution in [0.15, 0.2) is 78.9 Å². The molecule has 0 heteroatoms. The molecule has 0 heterocycles. The van der Waals surface area contributed by atoms with Gasteiger partial charge in [-0.3, -0.25) is 0 Å². The number of benzene rings is 2. The predicted molar refractivity (Wildman–Crippen MR) is 150 cm³/mol. The van der Waals surface area contributed by atoms with Gasteiger partial charge >= 0.3 is 0 Å². The molecule has 0 nitrogen and oxygen atoms in total. The Labute approximate surface area is 210 Å². The van der Waals surface area contributed by atoms with Gasteiger partial charge in [0, 0.05) is 0 Å². The highest BCUT2D eigenvalue weighted by Gasteiger charge is 2.38. The molecule has 0 bridgehead atoms. The minimum absolute atomic E-state index is 0.227. The van der Waals surface area contributed by atoms with Gasteiger partial charge in [0.15, 0.2) is 0 Å². The number of hydrogen-bond acceptors (Lipinski definition) is 0. The monoisotopic (exact) mass is 456 g/mol. The lowest BCUT2D eigenvalue weighted by Gasteiger charge is -2.44. The first-order valence-electron chi connectivity index (χ1n) is 13.5. The van der Waals surface area contributed by atoms with E-state index in [0.717, 1.165) is 25.2 Å². The number of aryl methyl sites for hydroxylation is 2. The molecule has 0 aromatic heterocycles. The van der Waals surface area contributed by atoms with Gasteiger partial charge in [0.05, 0.1) is 0 Å². The van der Waals surface area contributed by atoms with Crippen molar-refractivity contribution in [3.8, 4) is 0 Å². The minimum Gasteiger partial charge on any atom is -0.0998 e. The molecule has 1 aliphatic carbocycles. The van der Waals surface area contributed by atoms with Crippen molar-refractivity contribution in [3.05, 3.63) is 95.6 Å². The van der Waals surface area contributed by atoms with E-state index in [2.05, 4.69) is 95.8 Å². The Kier molecular flexibility index (Phi) is 9.02. The highest BCUT2D eigenvalue weighted by Crippen LogP contribution is 2.51. The Hall–Kier alpha value is -2.08. The van der Waals surface area contributed by atoms with E-state index in [1.54, 1.807) is 0 Å². The molecule has 0 saturated heterocycles. The normalized spacial score (nSPS) is 21.7. The molecule has 34 heavy (non-hydrogen) atoms. The van der Waals surface area contributed by atoms with Crippen LogP contribution in [0, 0.1) is 23.7 Å². The van der Waals surface area contributed by atoms with Crippen molar-refractivity contribution in [1.82, 2.24) is 0 Å². The maximum atomic E-state index is 4.76. The molecule has 3 rings (SSSR count). The van der Waals surface area contributed by atoms with Crippen LogP contribution in [0.25, 0.3) is 0 Å². The van der Waals surface area contributed by atoms with E-state index >= 15 is 0 Å². The van der Waals surface area contributed by atoms with Crippen LogP contribution in [-0.4, -0.2) is 0 Å². The summed E-state index contributed by atoms with van der Waals surface area (Å²) in [5.41, 5.74) is 7.66. The van der Waals surface area contributed by atoms with E-state index in [9.17, 15) is 0 Å². The Morgan fingerprint density at radius 3 is 2.18 bits per heavy atom. The van der Waals surface area contributed by atoms with Crippen molar-refractivity contribution < 1.29 is 0 Å². The quantitative estimate of drug-likeness (QED) is 0.312. The maximum Gasteiger partial charge on any atom is -0.00533 e. The third-order valence-electron chi connectivity index (χ3n) is 8.06. The maximum absolute atomic E-state index is 4.76. The zero-order valence-corrected chi connectivity index (χ0v) is 22.6. The van der Waals surface area contributed by atoms with E-state index < -0.39 is 0 Å². The standard InChI is InChI=1S/C34H48/c1-26-13-17-32(18-14-26)28(3)23-29(4)34(25-27(2)24-33(5,6)7)21-19-31(20-22-34)16-15-30-11-9-8-10-12-30/h8-14,17-18,28,31H,2,4,15-16,19-25H2,1,3,5-7H3. The summed E-state index contributed by atoms with van der Waals surface area (Å²) in [5.74, 6) is 1.35. The fraction of sp³-hybridized carbons (Fsp3) is 0.529. The average molecular weight is 457 g/mol. The molecule has 184 valence electrons. The molecule has 1 fully saturated rings. The second-order valence-electron chi connectivity index (χ2n) is 12.5. The summed E-state index contributed by atoms with van der Waals surface area (Å²) in [6, 6.07) is 20.1. The molecule has 1 unspecified atom stereocenters. The summed E-state index contributed by atoms with van der Waals surface area (Å²) in [5, 5.41) is 0. The molecule has 0 amide bonds. The average Bonchev–Trinajstić information content (AvgIpc) is 2.78. The van der Waals surface area contributed by atoms with Gasteiger partial charge in [-0.2, -0.15) is 0 Å². The van der Waals surface area contributed by atoms with Crippen molar-refractivity contribution >= 4 is 0 Å². The molecular weight excluding hydrogens is 408 g/mol. The highest BCUT2D eigenvalue weighted by molar-refractivity contribution is 5.27. The fourth-order valence-corrected chi connectivity index (χ4v) is 6.08. The lowest BCUT2D eigenvalue weighted by atomic mass is 9.61. The van der Waals surface area contributed by atoms with Gasteiger partial charge in [-0.05, 0) is 98.5 Å². The zero-order valence-electron chi connectivity index (χ0n) is 22.6. The van der Waals surface area contributed by atoms with Gasteiger partial charge in [-0.25, -0.2) is 0 Å². The van der Waals surface area contributed by atoms with Crippen molar-refractivity contribution in [2.24, 2.45) is 16.7 Å². The van der Waals surface area contributed by atoms with Gasteiger partial charge in [-0.15, -0.1) is 0 Å². The van der Waals surface area contributed by atoms with Crippen LogP contribution in [-0.2, 0) is 6.42 Å². The third-order valence-corrected chi connectivity index (χ3v) is 8.06. The van der Waals surface area contributed by atoms with Crippen LogP contribution in [0.5, 0.6) is 0 Å². The number of rotatable bonds is 10. The second kappa shape index (κ2) is 11.6. The predicted octanol–water partition coefficient (Wildman–Crippen LogP) is 10.2. The summed E-state index contributed by atoms with van der Waals surface area (Å²) in [6.45, 7) is 20.9. The Bertz CT molecular complexity index is 914. The lowest BCUT2D eigenvalue weighted by Crippen LogP contribution is -2.31. The minimum atomic E-state index is 0.227. The van der Waals surface area contributed by atoms with Crippen molar-refractivity contribution in [3.63, 3.8) is 0 Å². The van der Waals surface area contributed by atoms with E-state index in [-0.39, 0.29) is 5.41 Å². The van der Waals surface area contributed by atoms with E-state index in [1.807, 2.05) is 0 Å². The zero-order chi connectivity index (χ0) is 24.8. The third kappa shape index (κ3) is 7.72. The first kappa shape index (κ1) is 26.5. The van der Waals surface area contributed by atoms with Crippen LogP contribution >= 0.6 is 0 Å². The molecule has 1 atom stereocenters. The molecular formula is C34H48. The molecule has 0 spiro atoms. The van der Waals surface area contributed by atoms with Crippen molar-refractivity contribution in [2.75, 3.05) is 0 Å². The van der Waals surface area contributed by atoms with E-state index in [0.29, 0.717) is 11.3 Å². The topological polar surface area (TPSA) is 0 Å². The Morgan fingerprint density at radius 2 is 1.59 bits per heavy atom. The summed E-state index contributed by atoms with van der Waals surface area (Å²) in [6.07, 6.45) is 11.0. The molecule has 0 radical (unpaired) electrons. The van der Waals surface area contributed by atoms with Crippen molar-refractivity contribution in [1.29, 1.82) is 0 Å². The van der Waals surface area contributed by atoms with Gasteiger partial charge in [-0.1, -0.05) is 112 Å². The summed E-state index contributed by atoms with van der Waals surface area (Å²) in [7, 11) is 0. The van der Waals surface area contributed by atoms with Gasteiger partial charge < -0.3 is 0 Å². The summed E-state index contributed by atoms with van der Waals surface area (Å²) < 4.78 is 0. The number of hydrogen-bond donors (Lipinski definition) is 0. The summed E-state index contributed by atoms with van der Waals surface area (Å²) >= 11 is 0.